The summed E-state index contributed by atoms with van der Waals surface area (Å²) in [5.74, 6) is -0.204. The van der Waals surface area contributed by atoms with E-state index in [1.54, 1.807) is 48.5 Å². The van der Waals surface area contributed by atoms with Crippen LogP contribution in [0.5, 0.6) is 11.5 Å². The minimum atomic E-state index is -1.70. The molecule has 0 aliphatic rings. The lowest BCUT2D eigenvalue weighted by atomic mass is 9.89. The molecule has 4 rings (SSSR count). The smallest absolute Gasteiger partial charge is 0.179 e. The van der Waals surface area contributed by atoms with E-state index in [1.807, 2.05) is 0 Å². The van der Waals surface area contributed by atoms with Gasteiger partial charge in [0.15, 0.2) is 12.6 Å². The SMILES string of the molecule is Oc1ccc2c(C(O)O)cccc2c1-c1c(O)ccc2c(C(O)O)cccc12. The van der Waals surface area contributed by atoms with E-state index in [4.69, 9.17) is 0 Å². The summed E-state index contributed by atoms with van der Waals surface area (Å²) in [6.45, 7) is 0. The maximum Gasteiger partial charge on any atom is 0.179 e. The van der Waals surface area contributed by atoms with Crippen LogP contribution in [-0.2, 0) is 0 Å². The molecule has 0 fully saturated rings. The van der Waals surface area contributed by atoms with Crippen LogP contribution < -0.4 is 0 Å². The molecule has 0 radical (unpaired) electrons. The van der Waals surface area contributed by atoms with Crippen molar-refractivity contribution in [3.63, 3.8) is 0 Å². The van der Waals surface area contributed by atoms with E-state index in [0.29, 0.717) is 32.7 Å². The Morgan fingerprint density at radius 2 is 0.857 bits per heavy atom. The zero-order chi connectivity index (χ0) is 20.0. The largest absolute Gasteiger partial charge is 0.507 e. The molecule has 0 saturated carbocycles. The first kappa shape index (κ1) is 18.2. The molecular weight excluding hydrogens is 360 g/mol. The first-order valence-corrected chi connectivity index (χ1v) is 8.62. The summed E-state index contributed by atoms with van der Waals surface area (Å²) in [7, 11) is 0. The maximum absolute atomic E-state index is 10.6. The molecule has 4 aromatic rings. The highest BCUT2D eigenvalue weighted by atomic mass is 16.5. The Balaban J connectivity index is 2.16. The third-order valence-corrected chi connectivity index (χ3v) is 4.95. The van der Waals surface area contributed by atoms with Crippen molar-refractivity contribution >= 4 is 21.5 Å². The Morgan fingerprint density at radius 3 is 1.21 bits per heavy atom. The second-order valence-corrected chi connectivity index (χ2v) is 6.55. The van der Waals surface area contributed by atoms with E-state index >= 15 is 0 Å². The number of fused-ring (bicyclic) bond motifs is 2. The molecule has 4 aromatic carbocycles. The van der Waals surface area contributed by atoms with Crippen molar-refractivity contribution in [3.8, 4) is 22.6 Å². The van der Waals surface area contributed by atoms with Gasteiger partial charge in [-0.3, -0.25) is 0 Å². The highest BCUT2D eigenvalue weighted by molar-refractivity contribution is 6.10. The van der Waals surface area contributed by atoms with E-state index in [9.17, 15) is 30.6 Å². The number of rotatable bonds is 3. The van der Waals surface area contributed by atoms with Gasteiger partial charge in [-0.25, -0.2) is 0 Å². The average Bonchev–Trinajstić information content (AvgIpc) is 2.67. The number of benzene rings is 4. The quantitative estimate of drug-likeness (QED) is 0.305. The molecule has 142 valence electrons. The molecule has 0 saturated heterocycles. The zero-order valence-electron chi connectivity index (χ0n) is 14.6. The molecule has 6 N–H and O–H groups in total. The maximum atomic E-state index is 10.6. The highest BCUT2D eigenvalue weighted by Gasteiger charge is 2.20. The lowest BCUT2D eigenvalue weighted by Crippen LogP contribution is -1.98. The summed E-state index contributed by atoms with van der Waals surface area (Å²) >= 11 is 0. The van der Waals surface area contributed by atoms with E-state index in [1.165, 1.54) is 12.1 Å². The van der Waals surface area contributed by atoms with Crippen molar-refractivity contribution in [2.75, 3.05) is 0 Å². The van der Waals surface area contributed by atoms with Crippen LogP contribution in [0.15, 0.2) is 60.7 Å². The van der Waals surface area contributed by atoms with Crippen molar-refractivity contribution in [2.45, 2.75) is 12.6 Å². The van der Waals surface area contributed by atoms with Gasteiger partial charge in [-0.1, -0.05) is 48.5 Å². The fraction of sp³-hybridized carbons (Fsp3) is 0.0909. The van der Waals surface area contributed by atoms with Crippen LogP contribution in [0.1, 0.15) is 23.7 Å². The fourth-order valence-electron chi connectivity index (χ4n) is 3.72. The van der Waals surface area contributed by atoms with Crippen LogP contribution in [0.3, 0.4) is 0 Å². The molecule has 6 nitrogen and oxygen atoms in total. The first-order valence-electron chi connectivity index (χ1n) is 8.62. The number of hydrogen-bond donors (Lipinski definition) is 6. The van der Waals surface area contributed by atoms with Crippen molar-refractivity contribution in [2.24, 2.45) is 0 Å². The number of phenols is 2. The van der Waals surface area contributed by atoms with Crippen molar-refractivity contribution in [1.82, 2.24) is 0 Å². The third kappa shape index (κ3) is 2.76. The molecule has 0 aromatic heterocycles. The monoisotopic (exact) mass is 378 g/mol. The van der Waals surface area contributed by atoms with E-state index in [-0.39, 0.29) is 22.6 Å². The average molecular weight is 378 g/mol. The molecule has 0 spiro atoms. The topological polar surface area (TPSA) is 121 Å². The van der Waals surface area contributed by atoms with Gasteiger partial charge in [-0.2, -0.15) is 0 Å². The molecule has 0 heterocycles. The first-order chi connectivity index (χ1) is 13.4. The van der Waals surface area contributed by atoms with Gasteiger partial charge in [-0.05, 0) is 33.7 Å². The summed E-state index contributed by atoms with van der Waals surface area (Å²) in [6, 6.07) is 15.8. The fourth-order valence-corrected chi connectivity index (χ4v) is 3.72. The van der Waals surface area contributed by atoms with Crippen LogP contribution in [0.4, 0.5) is 0 Å². The lowest BCUT2D eigenvalue weighted by Gasteiger charge is -2.17. The molecule has 0 amide bonds. The second kappa shape index (κ2) is 6.78. The van der Waals surface area contributed by atoms with Gasteiger partial charge in [0.05, 0.1) is 0 Å². The molecule has 0 aliphatic heterocycles. The number of aromatic hydroxyl groups is 2. The Labute approximate surface area is 159 Å². The summed E-state index contributed by atoms with van der Waals surface area (Å²) in [6.07, 6.45) is -3.39. The minimum Gasteiger partial charge on any atom is -0.507 e. The van der Waals surface area contributed by atoms with Gasteiger partial charge in [-0.15, -0.1) is 0 Å². The van der Waals surface area contributed by atoms with Crippen LogP contribution in [-0.4, -0.2) is 30.6 Å². The molecule has 6 heteroatoms. The van der Waals surface area contributed by atoms with Gasteiger partial charge >= 0.3 is 0 Å². The predicted octanol–water partition coefficient (Wildman–Crippen LogP) is 3.04. The van der Waals surface area contributed by atoms with E-state index < -0.39 is 12.6 Å². The molecule has 0 aliphatic carbocycles. The van der Waals surface area contributed by atoms with Gasteiger partial charge in [0.25, 0.3) is 0 Å². The summed E-state index contributed by atoms with van der Waals surface area (Å²) < 4.78 is 0. The van der Waals surface area contributed by atoms with Crippen molar-refractivity contribution in [3.05, 3.63) is 71.8 Å². The van der Waals surface area contributed by atoms with Gasteiger partial charge in [0, 0.05) is 22.3 Å². The van der Waals surface area contributed by atoms with Crippen molar-refractivity contribution in [1.29, 1.82) is 0 Å². The summed E-state index contributed by atoms with van der Waals surface area (Å²) in [5, 5.41) is 62.0. The highest BCUT2D eigenvalue weighted by Crippen LogP contribution is 2.46. The summed E-state index contributed by atoms with van der Waals surface area (Å²) in [4.78, 5) is 0. The number of hydrogen-bond acceptors (Lipinski definition) is 6. The third-order valence-electron chi connectivity index (χ3n) is 4.95. The predicted molar refractivity (Wildman–Crippen MR) is 105 cm³/mol. The van der Waals surface area contributed by atoms with E-state index in [2.05, 4.69) is 0 Å². The number of aliphatic hydroxyl groups excluding tert-OH is 2. The lowest BCUT2D eigenvalue weighted by molar-refractivity contribution is -0.0419. The summed E-state index contributed by atoms with van der Waals surface area (Å²) in [5.41, 5.74) is 1.16. The van der Waals surface area contributed by atoms with Crippen LogP contribution in [0.25, 0.3) is 32.7 Å². The minimum absolute atomic E-state index is 0.102. The van der Waals surface area contributed by atoms with Gasteiger partial charge < -0.3 is 30.6 Å². The van der Waals surface area contributed by atoms with E-state index in [0.717, 1.165) is 0 Å². The molecular formula is C22H18O6. The molecule has 0 bridgehead atoms. The normalized spacial score (nSPS) is 11.8. The second-order valence-electron chi connectivity index (χ2n) is 6.55. The number of phenolic OH excluding ortho intramolecular Hbond substituents is 2. The number of aliphatic hydroxyl groups is 4. The standard InChI is InChI=1S/C22H18O6/c23-17-9-7-11-13(3-1-5-15(11)21(25)26)19(17)20-14-4-2-6-16(22(27)28)12(14)8-10-18(20)24/h1-10,21-28H. The molecule has 28 heavy (non-hydrogen) atoms. The molecule has 0 atom stereocenters. The van der Waals surface area contributed by atoms with Gasteiger partial charge in [0.1, 0.15) is 11.5 Å². The molecule has 0 unspecified atom stereocenters. The zero-order valence-corrected chi connectivity index (χ0v) is 14.6. The van der Waals surface area contributed by atoms with Crippen LogP contribution in [0.2, 0.25) is 0 Å². The van der Waals surface area contributed by atoms with Crippen molar-refractivity contribution < 1.29 is 30.6 Å². The Hall–Kier alpha value is -3.16. The Kier molecular flexibility index (Phi) is 4.41. The van der Waals surface area contributed by atoms with Gasteiger partial charge in [0.2, 0.25) is 0 Å². The Morgan fingerprint density at radius 1 is 0.464 bits per heavy atom. The van der Waals surface area contributed by atoms with Crippen LogP contribution in [0, 0.1) is 0 Å². The Bertz CT molecular complexity index is 1100. The van der Waals surface area contributed by atoms with Crippen LogP contribution >= 0.6 is 0 Å².